The quantitative estimate of drug-likeness (QED) is 0.506. The minimum Gasteiger partial charge on any atom is -0.497 e. The number of benzene rings is 2. The minimum atomic E-state index is -0.354. The van der Waals surface area contributed by atoms with Crippen molar-refractivity contribution < 1.29 is 23.3 Å². The van der Waals surface area contributed by atoms with Crippen molar-refractivity contribution in [2.45, 2.75) is 19.5 Å². The number of fused-ring (bicyclic) bond motifs is 1. The Morgan fingerprint density at radius 3 is 2.43 bits per heavy atom. The molecule has 35 heavy (non-hydrogen) atoms. The molecule has 0 aliphatic carbocycles. The molecule has 3 aromatic rings. The van der Waals surface area contributed by atoms with E-state index in [0.29, 0.717) is 43.9 Å². The number of halogens is 1. The highest BCUT2D eigenvalue weighted by Crippen LogP contribution is 2.33. The van der Waals surface area contributed by atoms with Gasteiger partial charge in [0, 0.05) is 51.3 Å². The number of nitrogens with zero attached hydrogens (tertiary/aromatic N) is 4. The summed E-state index contributed by atoms with van der Waals surface area (Å²) in [6.07, 6.45) is 0.760. The number of methoxy groups -OCH3 is 2. The molecule has 9 heteroatoms. The fourth-order valence-electron chi connectivity index (χ4n) is 4.41. The average molecular weight is 481 g/mol. The molecule has 0 radical (unpaired) electrons. The first-order chi connectivity index (χ1) is 17.1. The Bertz CT molecular complexity index is 1160. The van der Waals surface area contributed by atoms with Crippen LogP contribution in [0, 0.1) is 5.82 Å². The van der Waals surface area contributed by atoms with Crippen LogP contribution in [-0.4, -0.2) is 61.9 Å². The fraction of sp³-hybridized carbons (Fsp3) is 0.385. The van der Waals surface area contributed by atoms with E-state index in [1.165, 1.54) is 12.1 Å². The molecule has 3 heterocycles. The molecule has 1 aromatic heterocycles. The molecule has 2 aliphatic rings. The van der Waals surface area contributed by atoms with Gasteiger partial charge in [0.25, 0.3) is 0 Å². The SMILES string of the molecule is COc1cc(CN2CCc3nc(N4CCOCC4)nc(Oc4cccc(F)c4)c3C2)cc(OC)c1. The van der Waals surface area contributed by atoms with Crippen molar-refractivity contribution in [3.63, 3.8) is 0 Å². The highest BCUT2D eigenvalue weighted by atomic mass is 19.1. The standard InChI is InChI=1S/C26H29FN4O4/c1-32-21-12-18(13-22(15-21)33-2)16-30-7-6-24-23(17-30)25(35-20-5-3-4-19(27)14-20)29-26(28-24)31-8-10-34-11-9-31/h3-5,12-15H,6-11,16-17H2,1-2H3. The number of ether oxygens (including phenoxy) is 4. The number of anilines is 1. The van der Waals surface area contributed by atoms with Crippen molar-refractivity contribution in [2.75, 3.05) is 52.0 Å². The number of hydrogen-bond acceptors (Lipinski definition) is 8. The molecule has 0 saturated carbocycles. The van der Waals surface area contributed by atoms with E-state index in [1.54, 1.807) is 26.4 Å². The van der Waals surface area contributed by atoms with Gasteiger partial charge in [-0.25, -0.2) is 9.37 Å². The summed E-state index contributed by atoms with van der Waals surface area (Å²) in [5, 5.41) is 0. The van der Waals surface area contributed by atoms with E-state index in [9.17, 15) is 4.39 Å². The summed E-state index contributed by atoms with van der Waals surface area (Å²) in [7, 11) is 3.30. The van der Waals surface area contributed by atoms with Gasteiger partial charge in [-0.15, -0.1) is 0 Å². The van der Waals surface area contributed by atoms with Crippen molar-refractivity contribution in [1.29, 1.82) is 0 Å². The lowest BCUT2D eigenvalue weighted by atomic mass is 10.1. The Morgan fingerprint density at radius 2 is 1.71 bits per heavy atom. The Balaban J connectivity index is 1.44. The van der Waals surface area contributed by atoms with E-state index >= 15 is 0 Å². The summed E-state index contributed by atoms with van der Waals surface area (Å²) in [6, 6.07) is 12.0. The smallest absolute Gasteiger partial charge is 0.229 e. The minimum absolute atomic E-state index is 0.354. The predicted molar refractivity (Wildman–Crippen MR) is 129 cm³/mol. The van der Waals surface area contributed by atoms with E-state index in [4.69, 9.17) is 28.9 Å². The Morgan fingerprint density at radius 1 is 0.943 bits per heavy atom. The summed E-state index contributed by atoms with van der Waals surface area (Å²) in [6.45, 7) is 4.88. The van der Waals surface area contributed by atoms with E-state index in [2.05, 4.69) is 9.80 Å². The van der Waals surface area contributed by atoms with Crippen molar-refractivity contribution in [3.8, 4) is 23.1 Å². The molecular weight excluding hydrogens is 451 g/mol. The molecule has 184 valence electrons. The molecule has 8 nitrogen and oxygen atoms in total. The van der Waals surface area contributed by atoms with Gasteiger partial charge in [0.15, 0.2) is 0 Å². The van der Waals surface area contributed by atoms with Crippen LogP contribution in [0.4, 0.5) is 10.3 Å². The van der Waals surface area contributed by atoms with Crippen LogP contribution < -0.4 is 19.1 Å². The third kappa shape index (κ3) is 5.47. The summed E-state index contributed by atoms with van der Waals surface area (Å²) in [5.74, 6) is 2.66. The van der Waals surface area contributed by atoms with Gasteiger partial charge in [-0.3, -0.25) is 4.90 Å². The molecule has 0 spiro atoms. The first kappa shape index (κ1) is 23.3. The van der Waals surface area contributed by atoms with Gasteiger partial charge in [-0.1, -0.05) is 6.07 Å². The Hall–Kier alpha value is -3.43. The predicted octanol–water partition coefficient (Wildman–Crippen LogP) is 3.82. The van der Waals surface area contributed by atoms with Crippen LogP contribution in [0.3, 0.4) is 0 Å². The third-order valence-electron chi connectivity index (χ3n) is 6.21. The maximum atomic E-state index is 13.8. The lowest BCUT2D eigenvalue weighted by Crippen LogP contribution is -2.38. The van der Waals surface area contributed by atoms with Crippen LogP contribution in [0.25, 0.3) is 0 Å². The average Bonchev–Trinajstić information content (AvgIpc) is 2.89. The first-order valence-corrected chi connectivity index (χ1v) is 11.7. The number of morpholine rings is 1. The van der Waals surface area contributed by atoms with E-state index in [1.807, 2.05) is 18.2 Å². The zero-order chi connectivity index (χ0) is 24.2. The van der Waals surface area contributed by atoms with Crippen molar-refractivity contribution >= 4 is 5.95 Å². The second-order valence-corrected chi connectivity index (χ2v) is 8.59. The molecule has 0 amide bonds. The molecule has 0 N–H and O–H groups in total. The van der Waals surface area contributed by atoms with E-state index in [0.717, 1.165) is 54.4 Å². The van der Waals surface area contributed by atoms with Gasteiger partial charge < -0.3 is 23.8 Å². The van der Waals surface area contributed by atoms with E-state index in [-0.39, 0.29) is 5.82 Å². The maximum Gasteiger partial charge on any atom is 0.229 e. The van der Waals surface area contributed by atoms with Crippen LogP contribution in [0.2, 0.25) is 0 Å². The highest BCUT2D eigenvalue weighted by Gasteiger charge is 2.26. The summed E-state index contributed by atoms with van der Waals surface area (Å²) in [4.78, 5) is 14.1. The second-order valence-electron chi connectivity index (χ2n) is 8.59. The van der Waals surface area contributed by atoms with Gasteiger partial charge in [0.2, 0.25) is 11.8 Å². The van der Waals surface area contributed by atoms with E-state index < -0.39 is 0 Å². The van der Waals surface area contributed by atoms with Gasteiger partial charge in [0.1, 0.15) is 23.1 Å². The molecule has 5 rings (SSSR count). The molecule has 1 saturated heterocycles. The van der Waals surface area contributed by atoms with Crippen molar-refractivity contribution in [1.82, 2.24) is 14.9 Å². The topological polar surface area (TPSA) is 69.2 Å². The molecule has 1 fully saturated rings. The lowest BCUT2D eigenvalue weighted by Gasteiger charge is -2.32. The molecule has 0 unspecified atom stereocenters. The first-order valence-electron chi connectivity index (χ1n) is 11.7. The summed E-state index contributed by atoms with van der Waals surface area (Å²) < 4.78 is 36.3. The number of aromatic nitrogens is 2. The molecule has 0 atom stereocenters. The van der Waals surface area contributed by atoms with Crippen LogP contribution in [0.15, 0.2) is 42.5 Å². The largest absolute Gasteiger partial charge is 0.497 e. The number of hydrogen-bond donors (Lipinski definition) is 0. The molecule has 2 aliphatic heterocycles. The summed E-state index contributed by atoms with van der Waals surface area (Å²) >= 11 is 0. The van der Waals surface area contributed by atoms with Gasteiger partial charge in [0.05, 0.1) is 38.7 Å². The molecular formula is C26H29FN4O4. The number of rotatable bonds is 7. The van der Waals surface area contributed by atoms with Crippen LogP contribution in [-0.2, 0) is 24.2 Å². The van der Waals surface area contributed by atoms with Crippen molar-refractivity contribution in [3.05, 3.63) is 65.1 Å². The molecule has 2 aromatic carbocycles. The zero-order valence-electron chi connectivity index (χ0n) is 20.0. The van der Waals surface area contributed by atoms with Crippen LogP contribution in [0.5, 0.6) is 23.1 Å². The normalized spacial score (nSPS) is 16.0. The highest BCUT2D eigenvalue weighted by molar-refractivity contribution is 5.44. The molecule has 0 bridgehead atoms. The monoisotopic (exact) mass is 480 g/mol. The zero-order valence-corrected chi connectivity index (χ0v) is 20.0. The Labute approximate surface area is 204 Å². The van der Waals surface area contributed by atoms with Crippen LogP contribution in [0.1, 0.15) is 16.8 Å². The van der Waals surface area contributed by atoms with Gasteiger partial charge in [-0.05, 0) is 29.8 Å². The van der Waals surface area contributed by atoms with Crippen LogP contribution >= 0.6 is 0 Å². The van der Waals surface area contributed by atoms with Crippen molar-refractivity contribution in [2.24, 2.45) is 0 Å². The third-order valence-corrected chi connectivity index (χ3v) is 6.21. The maximum absolute atomic E-state index is 13.8. The lowest BCUT2D eigenvalue weighted by molar-refractivity contribution is 0.122. The second kappa shape index (κ2) is 10.5. The van der Waals surface area contributed by atoms with Gasteiger partial charge >= 0.3 is 0 Å². The Kier molecular flexibility index (Phi) is 6.96. The fourth-order valence-corrected chi connectivity index (χ4v) is 4.41. The van der Waals surface area contributed by atoms with Gasteiger partial charge in [-0.2, -0.15) is 4.98 Å². The summed E-state index contributed by atoms with van der Waals surface area (Å²) in [5.41, 5.74) is 2.97.